The summed E-state index contributed by atoms with van der Waals surface area (Å²) in [4.78, 5) is 0. The molecule has 0 aliphatic rings. The van der Waals surface area contributed by atoms with E-state index in [2.05, 4.69) is 12.6 Å². The zero-order valence-corrected chi connectivity index (χ0v) is 7.08. The first-order valence-electron chi connectivity index (χ1n) is 3.89. The molecule has 0 radical (unpaired) electrons. The van der Waals surface area contributed by atoms with Crippen molar-refractivity contribution in [1.29, 1.82) is 10.5 Å². The molecular weight excluding hydrogens is 148 g/mol. The van der Waals surface area contributed by atoms with Gasteiger partial charge in [-0.1, -0.05) is 18.2 Å². The van der Waals surface area contributed by atoms with Gasteiger partial charge >= 0.3 is 0 Å². The number of nitriles is 2. The molecule has 0 amide bonds. The molecule has 0 aromatic heterocycles. The highest BCUT2D eigenvalue weighted by molar-refractivity contribution is 5.08. The molecule has 0 saturated carbocycles. The Morgan fingerprint density at radius 1 is 1.42 bits per heavy atom. The molecule has 0 unspecified atom stereocenters. The van der Waals surface area contributed by atoms with Crippen molar-refractivity contribution < 1.29 is 0 Å². The highest BCUT2D eigenvalue weighted by Gasteiger charge is 1.91. The predicted octanol–water partition coefficient (Wildman–Crippen LogP) is 2.71. The van der Waals surface area contributed by atoms with Crippen LogP contribution in [0.4, 0.5) is 0 Å². The summed E-state index contributed by atoms with van der Waals surface area (Å²) in [6.45, 7) is 3.83. The molecule has 0 saturated heterocycles. The van der Waals surface area contributed by atoms with Crippen molar-refractivity contribution in [2.45, 2.75) is 25.7 Å². The highest BCUT2D eigenvalue weighted by atomic mass is 14.2. The Morgan fingerprint density at radius 3 is 2.75 bits per heavy atom. The van der Waals surface area contributed by atoms with Gasteiger partial charge in [-0.2, -0.15) is 10.5 Å². The number of unbranched alkanes of at least 4 members (excludes halogenated alkanes) is 1. The molecule has 0 heterocycles. The number of hydrogen-bond donors (Lipinski definition) is 0. The molecule has 0 rings (SSSR count). The fraction of sp³-hybridized carbons (Fsp3) is 0.400. The average Bonchev–Trinajstić information content (AvgIpc) is 2.06. The fourth-order valence-corrected chi connectivity index (χ4v) is 0.798. The Balaban J connectivity index is 3.43. The van der Waals surface area contributed by atoms with Crippen LogP contribution in [0.2, 0.25) is 0 Å². The quantitative estimate of drug-likeness (QED) is 0.352. The molecule has 0 atom stereocenters. The average molecular weight is 160 g/mol. The Bertz CT molecular complexity index is 238. The van der Waals surface area contributed by atoms with Crippen molar-refractivity contribution >= 4 is 0 Å². The lowest BCUT2D eigenvalue weighted by molar-refractivity contribution is 0.826. The second-order valence-electron chi connectivity index (χ2n) is 2.50. The van der Waals surface area contributed by atoms with Gasteiger partial charge in [-0.25, -0.2) is 0 Å². The van der Waals surface area contributed by atoms with Gasteiger partial charge in [0.25, 0.3) is 0 Å². The molecule has 0 fully saturated rings. The minimum atomic E-state index is 0.584. The number of allylic oxidation sites excluding steroid dienone is 3. The summed E-state index contributed by atoms with van der Waals surface area (Å²) in [7, 11) is 0. The van der Waals surface area contributed by atoms with Crippen LogP contribution in [0.15, 0.2) is 24.3 Å². The second kappa shape index (κ2) is 7.57. The standard InChI is InChI=1S/C10H12N2/c1-10(6-2-4-8-11)7-3-5-9-12/h2,4H,1,3,5-7H2/b4-2+. The Morgan fingerprint density at radius 2 is 2.17 bits per heavy atom. The Kier molecular flexibility index (Phi) is 6.59. The van der Waals surface area contributed by atoms with E-state index in [1.54, 1.807) is 6.08 Å². The highest BCUT2D eigenvalue weighted by Crippen LogP contribution is 2.08. The van der Waals surface area contributed by atoms with Crippen LogP contribution in [0, 0.1) is 22.7 Å². The molecule has 0 aliphatic heterocycles. The van der Waals surface area contributed by atoms with E-state index in [4.69, 9.17) is 10.5 Å². The van der Waals surface area contributed by atoms with Gasteiger partial charge in [-0.05, 0) is 19.3 Å². The molecule has 0 aliphatic carbocycles. The first-order chi connectivity index (χ1) is 5.81. The van der Waals surface area contributed by atoms with Crippen LogP contribution in [0.5, 0.6) is 0 Å². The van der Waals surface area contributed by atoms with Crippen LogP contribution in [-0.2, 0) is 0 Å². The molecule has 12 heavy (non-hydrogen) atoms. The van der Waals surface area contributed by atoms with E-state index in [1.165, 1.54) is 6.08 Å². The molecule has 0 N–H and O–H groups in total. The van der Waals surface area contributed by atoms with Gasteiger partial charge < -0.3 is 0 Å². The molecule has 62 valence electrons. The Hall–Kier alpha value is -1.54. The molecule has 0 bridgehead atoms. The molecule has 2 heteroatoms. The summed E-state index contributed by atoms with van der Waals surface area (Å²) in [5.74, 6) is 0. The summed E-state index contributed by atoms with van der Waals surface area (Å²) < 4.78 is 0. The van der Waals surface area contributed by atoms with Gasteiger partial charge in [-0.15, -0.1) is 0 Å². The smallest absolute Gasteiger partial charge is 0.0908 e. The van der Waals surface area contributed by atoms with E-state index in [0.717, 1.165) is 24.8 Å². The lowest BCUT2D eigenvalue weighted by Gasteiger charge is -1.97. The molecule has 0 aromatic carbocycles. The minimum absolute atomic E-state index is 0.584. The maximum atomic E-state index is 8.26. The first-order valence-corrected chi connectivity index (χ1v) is 3.89. The zero-order valence-electron chi connectivity index (χ0n) is 7.08. The molecule has 0 spiro atoms. The lowest BCUT2D eigenvalue weighted by atomic mass is 10.1. The largest absolute Gasteiger partial charge is 0.198 e. The first kappa shape index (κ1) is 10.5. The van der Waals surface area contributed by atoms with Gasteiger partial charge in [0.05, 0.1) is 12.1 Å². The zero-order chi connectivity index (χ0) is 9.23. The maximum Gasteiger partial charge on any atom is 0.0908 e. The van der Waals surface area contributed by atoms with Crippen LogP contribution in [0.25, 0.3) is 0 Å². The van der Waals surface area contributed by atoms with Gasteiger partial charge in [0.1, 0.15) is 0 Å². The van der Waals surface area contributed by atoms with Crippen molar-refractivity contribution in [1.82, 2.24) is 0 Å². The van der Waals surface area contributed by atoms with E-state index in [1.807, 2.05) is 6.07 Å². The monoisotopic (exact) mass is 160 g/mol. The van der Waals surface area contributed by atoms with Crippen molar-refractivity contribution in [2.75, 3.05) is 0 Å². The number of nitrogens with zero attached hydrogens (tertiary/aromatic N) is 2. The van der Waals surface area contributed by atoms with Gasteiger partial charge in [0.2, 0.25) is 0 Å². The predicted molar refractivity (Wildman–Crippen MR) is 48.0 cm³/mol. The number of rotatable bonds is 5. The molecular formula is C10H12N2. The van der Waals surface area contributed by atoms with Crippen molar-refractivity contribution in [3.63, 3.8) is 0 Å². The van der Waals surface area contributed by atoms with Gasteiger partial charge in [-0.3, -0.25) is 0 Å². The molecule has 0 aromatic rings. The van der Waals surface area contributed by atoms with Crippen molar-refractivity contribution in [2.24, 2.45) is 0 Å². The third-order valence-corrected chi connectivity index (χ3v) is 1.42. The normalized spacial score (nSPS) is 9.17. The van der Waals surface area contributed by atoms with E-state index in [-0.39, 0.29) is 0 Å². The van der Waals surface area contributed by atoms with Crippen LogP contribution < -0.4 is 0 Å². The second-order valence-corrected chi connectivity index (χ2v) is 2.50. The van der Waals surface area contributed by atoms with E-state index in [9.17, 15) is 0 Å². The minimum Gasteiger partial charge on any atom is -0.198 e. The summed E-state index contributed by atoms with van der Waals surface area (Å²) in [5.41, 5.74) is 1.08. The number of hydrogen-bond acceptors (Lipinski definition) is 2. The molecule has 2 nitrogen and oxygen atoms in total. The van der Waals surface area contributed by atoms with Crippen LogP contribution >= 0.6 is 0 Å². The van der Waals surface area contributed by atoms with Crippen LogP contribution in [-0.4, -0.2) is 0 Å². The maximum absolute atomic E-state index is 8.26. The summed E-state index contributed by atoms with van der Waals surface area (Å²) in [6.07, 6.45) is 6.32. The van der Waals surface area contributed by atoms with Crippen molar-refractivity contribution in [3.05, 3.63) is 24.3 Å². The third kappa shape index (κ3) is 6.58. The van der Waals surface area contributed by atoms with Crippen LogP contribution in [0.3, 0.4) is 0 Å². The summed E-state index contributed by atoms with van der Waals surface area (Å²) in [5, 5.41) is 16.4. The van der Waals surface area contributed by atoms with Gasteiger partial charge in [0, 0.05) is 12.5 Å². The van der Waals surface area contributed by atoms with E-state index in [0.29, 0.717) is 6.42 Å². The van der Waals surface area contributed by atoms with E-state index < -0.39 is 0 Å². The fourth-order valence-electron chi connectivity index (χ4n) is 0.798. The third-order valence-electron chi connectivity index (χ3n) is 1.42. The lowest BCUT2D eigenvalue weighted by Crippen LogP contribution is -1.79. The van der Waals surface area contributed by atoms with Crippen LogP contribution in [0.1, 0.15) is 25.7 Å². The summed E-state index contributed by atoms with van der Waals surface area (Å²) >= 11 is 0. The van der Waals surface area contributed by atoms with Crippen molar-refractivity contribution in [3.8, 4) is 12.1 Å². The topological polar surface area (TPSA) is 47.6 Å². The summed E-state index contributed by atoms with van der Waals surface area (Å²) in [6, 6.07) is 4.00. The SMILES string of the molecule is C=C(C/C=C/C#N)CCCC#N. The van der Waals surface area contributed by atoms with Gasteiger partial charge in [0.15, 0.2) is 0 Å². The Labute approximate surface area is 73.4 Å². The van der Waals surface area contributed by atoms with E-state index >= 15 is 0 Å².